The monoisotopic (exact) mass is 329 g/mol. The number of hydrogen-bond donors (Lipinski definition) is 1. The molecular weight excluding hydrogens is 305 g/mol. The molecule has 124 valence electrons. The van der Waals surface area contributed by atoms with Crippen LogP contribution in [0.2, 0.25) is 0 Å². The number of carbonyl (C=O) groups excluding carboxylic acids is 1. The number of H-pyrrole nitrogens is 1. The molecule has 1 N–H and O–H groups in total. The maximum absolute atomic E-state index is 12.7. The summed E-state index contributed by atoms with van der Waals surface area (Å²) in [6.07, 6.45) is 0.134. The van der Waals surface area contributed by atoms with Gasteiger partial charge in [-0.2, -0.15) is 0 Å². The maximum Gasteiger partial charge on any atom is 0.340 e. The lowest BCUT2D eigenvalue weighted by Gasteiger charge is -2.33. The number of aromatic amines is 1. The lowest BCUT2D eigenvalue weighted by atomic mass is 9.97. The minimum absolute atomic E-state index is 0.134. The van der Waals surface area contributed by atoms with E-state index in [2.05, 4.69) is 4.98 Å². The van der Waals surface area contributed by atoms with E-state index >= 15 is 0 Å². The Kier molecular flexibility index (Phi) is 4.85. The number of ether oxygens (including phenoxy) is 1. The summed E-state index contributed by atoms with van der Waals surface area (Å²) in [5.41, 5.74) is 2.51. The quantitative estimate of drug-likeness (QED) is 0.675. The second-order valence-electron chi connectivity index (χ2n) is 6.43. The fourth-order valence-corrected chi connectivity index (χ4v) is 4.45. The van der Waals surface area contributed by atoms with Crippen LogP contribution in [0.15, 0.2) is 0 Å². The lowest BCUT2D eigenvalue weighted by Crippen LogP contribution is -2.29. The first kappa shape index (κ1) is 17.3. The van der Waals surface area contributed by atoms with E-state index in [9.17, 15) is 9.36 Å². The smallest absolute Gasteiger partial charge is 0.340 e. The Morgan fingerprint density at radius 3 is 2.45 bits per heavy atom. The van der Waals surface area contributed by atoms with Crippen LogP contribution in [0.3, 0.4) is 0 Å². The summed E-state index contributed by atoms with van der Waals surface area (Å²) in [5.74, 6) is -0.370. The van der Waals surface area contributed by atoms with Crippen LogP contribution in [0, 0.1) is 19.3 Å². The molecule has 2 rings (SSSR count). The average molecular weight is 329 g/mol. The topological polar surface area (TPSA) is 77.6 Å². The van der Waals surface area contributed by atoms with Crippen LogP contribution < -0.4 is 0 Å². The van der Waals surface area contributed by atoms with Crippen molar-refractivity contribution in [3.8, 4) is 0 Å². The van der Waals surface area contributed by atoms with Gasteiger partial charge in [0.1, 0.15) is 0 Å². The molecule has 1 aromatic heterocycles. The van der Waals surface area contributed by atoms with E-state index in [0.29, 0.717) is 36.8 Å². The molecule has 1 aromatic rings. The summed E-state index contributed by atoms with van der Waals surface area (Å²) in [6.45, 7) is 10.5. The first-order chi connectivity index (χ1) is 10.2. The number of aromatic nitrogens is 1. The summed E-state index contributed by atoms with van der Waals surface area (Å²) in [5, 5.41) is 0. The Labute approximate surface area is 131 Å². The molecule has 0 aromatic carbocycles. The zero-order valence-corrected chi connectivity index (χ0v) is 14.7. The largest absolute Gasteiger partial charge is 0.462 e. The van der Waals surface area contributed by atoms with Gasteiger partial charge in [0.05, 0.1) is 31.5 Å². The van der Waals surface area contributed by atoms with Crippen molar-refractivity contribution >= 4 is 13.6 Å². The van der Waals surface area contributed by atoms with Gasteiger partial charge in [0.25, 0.3) is 0 Å². The molecule has 22 heavy (non-hydrogen) atoms. The van der Waals surface area contributed by atoms with E-state index in [1.165, 1.54) is 0 Å². The molecule has 0 saturated carbocycles. The zero-order chi connectivity index (χ0) is 16.5. The predicted molar refractivity (Wildman–Crippen MR) is 83.2 cm³/mol. The van der Waals surface area contributed by atoms with Crippen molar-refractivity contribution in [2.45, 2.75) is 40.8 Å². The van der Waals surface area contributed by atoms with Gasteiger partial charge in [0, 0.05) is 16.8 Å². The highest BCUT2D eigenvalue weighted by Crippen LogP contribution is 2.56. The van der Waals surface area contributed by atoms with Gasteiger partial charge in [-0.05, 0) is 26.3 Å². The van der Waals surface area contributed by atoms with E-state index in [1.807, 2.05) is 20.8 Å². The van der Waals surface area contributed by atoms with Crippen molar-refractivity contribution < 1.29 is 23.1 Å². The normalized spacial score (nSPS) is 19.9. The van der Waals surface area contributed by atoms with E-state index in [0.717, 1.165) is 5.56 Å². The van der Waals surface area contributed by atoms with Crippen molar-refractivity contribution in [2.24, 2.45) is 5.41 Å². The molecule has 0 unspecified atom stereocenters. The van der Waals surface area contributed by atoms with Crippen molar-refractivity contribution in [3.63, 3.8) is 0 Å². The van der Waals surface area contributed by atoms with Crippen LogP contribution in [-0.2, 0) is 24.5 Å². The highest BCUT2D eigenvalue weighted by atomic mass is 31.2. The molecule has 0 bridgehead atoms. The number of nitrogens with one attached hydrogen (secondary N) is 1. The SMILES string of the molecule is CCOC(=O)c1c(C)[nH]c(CP2(=O)OCC(C)(C)CO2)c1C. The van der Waals surface area contributed by atoms with Crippen molar-refractivity contribution in [3.05, 3.63) is 22.5 Å². The minimum Gasteiger partial charge on any atom is -0.462 e. The first-order valence-corrected chi connectivity index (χ1v) is 9.13. The fraction of sp³-hybridized carbons (Fsp3) is 0.667. The molecule has 1 saturated heterocycles. The van der Waals surface area contributed by atoms with Gasteiger partial charge in [-0.25, -0.2) is 4.79 Å². The van der Waals surface area contributed by atoms with Gasteiger partial charge in [0.2, 0.25) is 0 Å². The van der Waals surface area contributed by atoms with Crippen molar-refractivity contribution in [1.29, 1.82) is 0 Å². The average Bonchev–Trinajstić information content (AvgIpc) is 2.69. The molecule has 7 heteroatoms. The molecule has 1 aliphatic rings. The highest BCUT2D eigenvalue weighted by molar-refractivity contribution is 7.53. The Hall–Kier alpha value is -1.10. The third-order valence-electron chi connectivity index (χ3n) is 3.68. The lowest BCUT2D eigenvalue weighted by molar-refractivity contribution is 0.0407. The van der Waals surface area contributed by atoms with E-state index < -0.39 is 7.60 Å². The van der Waals surface area contributed by atoms with E-state index in [1.54, 1.807) is 13.8 Å². The maximum atomic E-state index is 12.7. The van der Waals surface area contributed by atoms with Crippen LogP contribution in [-0.4, -0.2) is 30.8 Å². The molecular formula is C15H24NO5P. The molecule has 0 amide bonds. The third-order valence-corrected chi connectivity index (χ3v) is 5.42. The van der Waals surface area contributed by atoms with E-state index in [4.69, 9.17) is 13.8 Å². The minimum atomic E-state index is -3.18. The van der Waals surface area contributed by atoms with Gasteiger partial charge < -0.3 is 18.8 Å². The number of aryl methyl sites for hydroxylation is 1. The van der Waals surface area contributed by atoms with Gasteiger partial charge in [-0.15, -0.1) is 0 Å². The van der Waals surface area contributed by atoms with Gasteiger partial charge >= 0.3 is 13.6 Å². The van der Waals surface area contributed by atoms with Crippen LogP contribution in [0.4, 0.5) is 0 Å². The summed E-state index contributed by atoms with van der Waals surface area (Å²) >= 11 is 0. The first-order valence-electron chi connectivity index (χ1n) is 7.41. The van der Waals surface area contributed by atoms with Gasteiger partial charge in [0.15, 0.2) is 0 Å². The number of carbonyl (C=O) groups is 1. The molecule has 0 radical (unpaired) electrons. The van der Waals surface area contributed by atoms with Crippen LogP contribution in [0.1, 0.15) is 48.1 Å². The van der Waals surface area contributed by atoms with Crippen molar-refractivity contribution in [2.75, 3.05) is 19.8 Å². The Balaban J connectivity index is 2.19. The summed E-state index contributed by atoms with van der Waals surface area (Å²) in [6, 6.07) is 0. The van der Waals surface area contributed by atoms with Gasteiger partial charge in [-0.1, -0.05) is 13.8 Å². The molecule has 1 aliphatic heterocycles. The van der Waals surface area contributed by atoms with Crippen LogP contribution in [0.5, 0.6) is 0 Å². The second-order valence-corrected chi connectivity index (χ2v) is 8.48. The van der Waals surface area contributed by atoms with Crippen LogP contribution >= 0.6 is 7.60 Å². The molecule has 6 nitrogen and oxygen atoms in total. The predicted octanol–water partition coefficient (Wildman–Crippen LogP) is 3.57. The highest BCUT2D eigenvalue weighted by Gasteiger charge is 2.37. The number of rotatable bonds is 4. The molecule has 0 aliphatic carbocycles. The van der Waals surface area contributed by atoms with Gasteiger partial charge in [-0.3, -0.25) is 4.57 Å². The van der Waals surface area contributed by atoms with E-state index in [-0.39, 0.29) is 17.5 Å². The number of hydrogen-bond acceptors (Lipinski definition) is 5. The Morgan fingerprint density at radius 2 is 1.91 bits per heavy atom. The standard InChI is InChI=1S/C15H24NO5P/c1-6-19-14(17)13-10(2)12(16-11(13)3)7-22(18)20-8-15(4,5)9-21-22/h16H,6-9H2,1-5H3. The molecule has 1 fully saturated rings. The second kappa shape index (κ2) is 6.19. The van der Waals surface area contributed by atoms with Crippen molar-refractivity contribution in [1.82, 2.24) is 4.98 Å². The zero-order valence-electron chi connectivity index (χ0n) is 13.8. The fourth-order valence-electron chi connectivity index (χ4n) is 2.39. The molecule has 2 heterocycles. The van der Waals surface area contributed by atoms with Crippen LogP contribution in [0.25, 0.3) is 0 Å². The Bertz CT molecular complexity index is 606. The number of esters is 1. The summed E-state index contributed by atoms with van der Waals surface area (Å²) < 4.78 is 28.7. The Morgan fingerprint density at radius 1 is 1.32 bits per heavy atom. The third kappa shape index (κ3) is 3.62. The molecule has 0 spiro atoms. The summed E-state index contributed by atoms with van der Waals surface area (Å²) in [7, 11) is -3.18. The molecule has 0 atom stereocenters. The summed E-state index contributed by atoms with van der Waals surface area (Å²) in [4.78, 5) is 15.1.